The SMILES string of the molecule is CCC(=O)N(OCC1(C(=O)OCCCn2cccn2)CCNCC1)c1ccccc1OC. The van der Waals surface area contributed by atoms with Crippen LogP contribution in [0.1, 0.15) is 32.6 Å². The molecule has 0 spiro atoms. The number of nitrogens with one attached hydrogen (secondary N) is 1. The smallest absolute Gasteiger partial charge is 0.314 e. The average molecular weight is 445 g/mol. The average Bonchev–Trinajstić information content (AvgIpc) is 3.36. The summed E-state index contributed by atoms with van der Waals surface area (Å²) in [5, 5.41) is 8.67. The number of hydrogen-bond acceptors (Lipinski definition) is 7. The van der Waals surface area contributed by atoms with Crippen molar-refractivity contribution in [2.24, 2.45) is 5.41 Å². The summed E-state index contributed by atoms with van der Waals surface area (Å²) in [6, 6.07) is 9.02. The Hall–Kier alpha value is -2.91. The number of anilines is 1. The van der Waals surface area contributed by atoms with Gasteiger partial charge in [-0.3, -0.25) is 19.1 Å². The maximum Gasteiger partial charge on any atom is 0.314 e. The molecule has 0 unspecified atom stereocenters. The highest BCUT2D eigenvalue weighted by Crippen LogP contribution is 2.34. The second-order valence-electron chi connectivity index (χ2n) is 7.78. The first-order valence-corrected chi connectivity index (χ1v) is 11.0. The van der Waals surface area contributed by atoms with Gasteiger partial charge in [0.1, 0.15) is 11.4 Å². The molecule has 1 aliphatic heterocycles. The number of aromatic nitrogens is 2. The molecule has 0 radical (unpaired) electrons. The Morgan fingerprint density at radius 1 is 1.22 bits per heavy atom. The van der Waals surface area contributed by atoms with Crippen LogP contribution in [0.2, 0.25) is 0 Å². The van der Waals surface area contributed by atoms with E-state index < -0.39 is 5.41 Å². The van der Waals surface area contributed by atoms with Crippen molar-refractivity contribution in [2.75, 3.05) is 38.5 Å². The molecule has 32 heavy (non-hydrogen) atoms. The Kier molecular flexibility index (Phi) is 8.64. The largest absolute Gasteiger partial charge is 0.494 e. The summed E-state index contributed by atoms with van der Waals surface area (Å²) in [6.45, 7) is 4.17. The van der Waals surface area contributed by atoms with Crippen LogP contribution in [0.3, 0.4) is 0 Å². The maximum absolute atomic E-state index is 13.1. The number of hydroxylamine groups is 1. The van der Waals surface area contributed by atoms with E-state index in [2.05, 4.69) is 10.4 Å². The molecule has 0 bridgehead atoms. The number of carbonyl (C=O) groups is 2. The minimum atomic E-state index is -0.814. The molecule has 3 rings (SSSR count). The fourth-order valence-corrected chi connectivity index (χ4v) is 3.70. The van der Waals surface area contributed by atoms with Gasteiger partial charge in [0.15, 0.2) is 0 Å². The van der Waals surface area contributed by atoms with Crippen LogP contribution in [0.4, 0.5) is 5.69 Å². The van der Waals surface area contributed by atoms with Gasteiger partial charge in [-0.15, -0.1) is 0 Å². The minimum absolute atomic E-state index is 0.0520. The van der Waals surface area contributed by atoms with E-state index in [1.54, 1.807) is 37.0 Å². The van der Waals surface area contributed by atoms with Gasteiger partial charge in [0.2, 0.25) is 0 Å². The topological polar surface area (TPSA) is 94.9 Å². The van der Waals surface area contributed by atoms with E-state index in [0.29, 0.717) is 56.9 Å². The third kappa shape index (κ3) is 5.86. The Bertz CT molecular complexity index is 865. The van der Waals surface area contributed by atoms with Gasteiger partial charge in [-0.2, -0.15) is 10.2 Å². The van der Waals surface area contributed by atoms with E-state index in [1.165, 1.54) is 5.06 Å². The van der Waals surface area contributed by atoms with Gasteiger partial charge in [0.25, 0.3) is 5.91 Å². The van der Waals surface area contributed by atoms with Crippen molar-refractivity contribution in [1.29, 1.82) is 0 Å². The third-order valence-corrected chi connectivity index (χ3v) is 5.62. The number of methoxy groups -OCH3 is 1. The van der Waals surface area contributed by atoms with E-state index in [0.717, 1.165) is 0 Å². The molecule has 0 atom stereocenters. The Labute approximate surface area is 188 Å². The molecule has 1 aliphatic rings. The molecule has 1 fully saturated rings. The minimum Gasteiger partial charge on any atom is -0.494 e. The highest BCUT2D eigenvalue weighted by Gasteiger charge is 2.42. The van der Waals surface area contributed by atoms with Gasteiger partial charge in [-0.1, -0.05) is 19.1 Å². The third-order valence-electron chi connectivity index (χ3n) is 5.62. The lowest BCUT2D eigenvalue weighted by Crippen LogP contribution is -2.48. The standard InChI is InChI=1S/C23H32N4O5/c1-3-21(28)27(19-8-4-5-9-20(19)30-2)32-18-23(10-13-24-14-11-23)22(29)31-17-7-16-26-15-6-12-25-26/h4-6,8-9,12,15,24H,3,7,10-11,13-14,16-18H2,1-2H3. The first-order chi connectivity index (χ1) is 15.6. The van der Waals surface area contributed by atoms with Crippen LogP contribution in [-0.4, -0.2) is 55.1 Å². The van der Waals surface area contributed by atoms with Gasteiger partial charge >= 0.3 is 5.97 Å². The predicted octanol–water partition coefficient (Wildman–Crippen LogP) is 2.57. The molecule has 2 aromatic rings. The van der Waals surface area contributed by atoms with Gasteiger partial charge in [-0.25, -0.2) is 0 Å². The lowest BCUT2D eigenvalue weighted by molar-refractivity contribution is -0.164. The number of amides is 1. The first-order valence-electron chi connectivity index (χ1n) is 11.0. The Morgan fingerprint density at radius 2 is 2.00 bits per heavy atom. The van der Waals surface area contributed by atoms with Crippen LogP contribution in [0.25, 0.3) is 0 Å². The molecule has 1 aromatic heterocycles. The number of para-hydroxylation sites is 2. The van der Waals surface area contributed by atoms with Crippen LogP contribution in [0.5, 0.6) is 5.75 Å². The number of benzene rings is 1. The number of esters is 1. The van der Waals surface area contributed by atoms with E-state index >= 15 is 0 Å². The summed E-state index contributed by atoms with van der Waals surface area (Å²) >= 11 is 0. The number of aryl methyl sites for hydroxylation is 1. The Morgan fingerprint density at radius 3 is 2.69 bits per heavy atom. The molecule has 174 valence electrons. The van der Waals surface area contributed by atoms with Crippen molar-refractivity contribution in [1.82, 2.24) is 15.1 Å². The number of rotatable bonds is 11. The second-order valence-corrected chi connectivity index (χ2v) is 7.78. The van der Waals surface area contributed by atoms with Crippen molar-refractivity contribution < 1.29 is 23.9 Å². The summed E-state index contributed by atoms with van der Waals surface area (Å²) in [4.78, 5) is 31.8. The van der Waals surface area contributed by atoms with Crippen molar-refractivity contribution >= 4 is 17.6 Å². The highest BCUT2D eigenvalue weighted by molar-refractivity contribution is 5.92. The van der Waals surface area contributed by atoms with E-state index in [4.69, 9.17) is 14.3 Å². The van der Waals surface area contributed by atoms with Crippen LogP contribution in [-0.2, 0) is 25.7 Å². The molecular weight excluding hydrogens is 412 g/mol. The molecule has 0 aliphatic carbocycles. The summed E-state index contributed by atoms with van der Waals surface area (Å²) < 4.78 is 12.8. The quantitative estimate of drug-likeness (QED) is 0.323. The molecular formula is C23H32N4O5. The van der Waals surface area contributed by atoms with Crippen molar-refractivity contribution in [3.05, 3.63) is 42.7 Å². The molecule has 0 saturated carbocycles. The van der Waals surface area contributed by atoms with E-state index in [1.807, 2.05) is 24.4 Å². The van der Waals surface area contributed by atoms with E-state index in [9.17, 15) is 9.59 Å². The van der Waals surface area contributed by atoms with Crippen LogP contribution in [0, 0.1) is 5.41 Å². The van der Waals surface area contributed by atoms with Gasteiger partial charge in [-0.05, 0) is 44.1 Å². The molecule has 1 N–H and O–H groups in total. The van der Waals surface area contributed by atoms with Crippen molar-refractivity contribution in [3.8, 4) is 5.75 Å². The van der Waals surface area contributed by atoms with E-state index in [-0.39, 0.29) is 24.9 Å². The van der Waals surface area contributed by atoms with Gasteiger partial charge in [0.05, 0.1) is 25.7 Å². The molecule has 9 heteroatoms. The Balaban J connectivity index is 1.67. The summed E-state index contributed by atoms with van der Waals surface area (Å²) in [5.41, 5.74) is -0.302. The normalized spacial score (nSPS) is 15.2. The zero-order valence-corrected chi connectivity index (χ0v) is 18.8. The predicted molar refractivity (Wildman–Crippen MR) is 119 cm³/mol. The maximum atomic E-state index is 13.1. The summed E-state index contributed by atoms with van der Waals surface area (Å²) in [6.07, 6.45) is 5.67. The van der Waals surface area contributed by atoms with Gasteiger partial charge in [0, 0.05) is 31.8 Å². The summed E-state index contributed by atoms with van der Waals surface area (Å²) in [7, 11) is 1.54. The number of hydrogen-bond donors (Lipinski definition) is 1. The van der Waals surface area contributed by atoms with Crippen LogP contribution in [0.15, 0.2) is 42.7 Å². The zero-order chi connectivity index (χ0) is 22.8. The molecule has 9 nitrogen and oxygen atoms in total. The van der Waals surface area contributed by atoms with Crippen LogP contribution < -0.4 is 15.1 Å². The molecule has 2 heterocycles. The zero-order valence-electron chi connectivity index (χ0n) is 18.8. The second kappa shape index (κ2) is 11.6. The lowest BCUT2D eigenvalue weighted by atomic mass is 9.80. The summed E-state index contributed by atoms with van der Waals surface area (Å²) in [5.74, 6) is 0.0180. The highest BCUT2D eigenvalue weighted by atomic mass is 16.7. The number of carbonyl (C=O) groups excluding carboxylic acids is 2. The number of ether oxygens (including phenoxy) is 2. The fourth-order valence-electron chi connectivity index (χ4n) is 3.70. The molecule has 1 aromatic carbocycles. The first kappa shape index (κ1) is 23.7. The number of piperidine rings is 1. The van der Waals surface area contributed by atoms with Crippen molar-refractivity contribution in [2.45, 2.75) is 39.2 Å². The fraction of sp³-hybridized carbons (Fsp3) is 0.522. The van der Waals surface area contributed by atoms with Crippen molar-refractivity contribution in [3.63, 3.8) is 0 Å². The monoisotopic (exact) mass is 444 g/mol. The van der Waals surface area contributed by atoms with Gasteiger partial charge < -0.3 is 14.8 Å². The number of nitrogens with zero attached hydrogens (tertiary/aromatic N) is 3. The molecule has 1 amide bonds. The molecule has 1 saturated heterocycles. The van der Waals surface area contributed by atoms with Crippen LogP contribution >= 0.6 is 0 Å². The lowest BCUT2D eigenvalue weighted by Gasteiger charge is -2.36.